The van der Waals surface area contributed by atoms with Gasteiger partial charge in [-0.05, 0) is 25.7 Å². The fraction of sp³-hybridized carbons (Fsp3) is 0.250. The molecule has 0 fully saturated rings. The number of aliphatic hydroxyl groups is 1. The van der Waals surface area contributed by atoms with Gasteiger partial charge in [-0.3, -0.25) is 0 Å². The third-order valence-electron chi connectivity index (χ3n) is 0.541. The SMILES string of the molecule is CC#CC#C/C=C(/C)O. The molecule has 0 radical (unpaired) electrons. The number of aliphatic hydroxyl groups excluding tert-OH is 1. The van der Waals surface area contributed by atoms with Crippen molar-refractivity contribution in [3.8, 4) is 23.7 Å². The fourth-order valence-electron chi connectivity index (χ4n) is 0.239. The quantitative estimate of drug-likeness (QED) is 0.379. The van der Waals surface area contributed by atoms with Gasteiger partial charge in [0.2, 0.25) is 0 Å². The summed E-state index contributed by atoms with van der Waals surface area (Å²) in [5.41, 5.74) is 0. The zero-order valence-electron chi connectivity index (χ0n) is 5.52. The van der Waals surface area contributed by atoms with Crippen LogP contribution in [0.5, 0.6) is 0 Å². The lowest BCUT2D eigenvalue weighted by atomic mass is 10.4. The maximum atomic E-state index is 8.56. The Morgan fingerprint density at radius 1 is 1.44 bits per heavy atom. The van der Waals surface area contributed by atoms with E-state index in [4.69, 9.17) is 5.11 Å². The highest BCUT2D eigenvalue weighted by atomic mass is 16.3. The third kappa shape index (κ3) is 6.66. The van der Waals surface area contributed by atoms with Crippen LogP contribution < -0.4 is 0 Å². The lowest BCUT2D eigenvalue weighted by Gasteiger charge is -1.75. The Hall–Kier alpha value is -1.34. The Balaban J connectivity index is 3.86. The van der Waals surface area contributed by atoms with Crippen LogP contribution in [-0.4, -0.2) is 5.11 Å². The smallest absolute Gasteiger partial charge is 0.0975 e. The molecule has 1 heteroatoms. The first-order valence-corrected chi connectivity index (χ1v) is 2.55. The van der Waals surface area contributed by atoms with Crippen molar-refractivity contribution in [2.45, 2.75) is 13.8 Å². The highest BCUT2D eigenvalue weighted by Gasteiger charge is 1.68. The van der Waals surface area contributed by atoms with E-state index in [0.29, 0.717) is 0 Å². The summed E-state index contributed by atoms with van der Waals surface area (Å²) in [7, 11) is 0. The van der Waals surface area contributed by atoms with Gasteiger partial charge < -0.3 is 5.11 Å². The molecule has 0 aromatic heterocycles. The van der Waals surface area contributed by atoms with Crippen LogP contribution >= 0.6 is 0 Å². The molecule has 9 heavy (non-hydrogen) atoms. The lowest BCUT2D eigenvalue weighted by Crippen LogP contribution is -1.64. The third-order valence-corrected chi connectivity index (χ3v) is 0.541. The molecule has 0 aliphatic rings. The van der Waals surface area contributed by atoms with Crippen LogP contribution in [0.15, 0.2) is 11.8 Å². The van der Waals surface area contributed by atoms with E-state index in [0.717, 1.165) is 0 Å². The molecule has 0 heterocycles. The highest BCUT2D eigenvalue weighted by molar-refractivity contribution is 5.30. The lowest BCUT2D eigenvalue weighted by molar-refractivity contribution is 0.415. The minimum atomic E-state index is 0.209. The number of allylic oxidation sites excluding steroid dienone is 2. The predicted octanol–water partition coefficient (Wildman–Crippen LogP) is 1.47. The molecule has 46 valence electrons. The van der Waals surface area contributed by atoms with Crippen molar-refractivity contribution in [1.82, 2.24) is 0 Å². The van der Waals surface area contributed by atoms with Crippen molar-refractivity contribution in [2.24, 2.45) is 0 Å². The van der Waals surface area contributed by atoms with Gasteiger partial charge in [-0.1, -0.05) is 11.8 Å². The summed E-state index contributed by atoms with van der Waals surface area (Å²) in [4.78, 5) is 0. The highest BCUT2D eigenvalue weighted by Crippen LogP contribution is 1.78. The summed E-state index contributed by atoms with van der Waals surface area (Å²) in [6.07, 6.45) is 1.41. The van der Waals surface area contributed by atoms with Crippen LogP contribution in [0.2, 0.25) is 0 Å². The first-order valence-electron chi connectivity index (χ1n) is 2.55. The molecule has 0 unspecified atom stereocenters. The van der Waals surface area contributed by atoms with E-state index in [-0.39, 0.29) is 5.76 Å². The molecule has 0 rings (SSSR count). The number of rotatable bonds is 0. The zero-order chi connectivity index (χ0) is 7.11. The zero-order valence-corrected chi connectivity index (χ0v) is 5.52. The average molecular weight is 120 g/mol. The van der Waals surface area contributed by atoms with Crippen LogP contribution in [0.1, 0.15) is 13.8 Å². The molecule has 1 nitrogen and oxygen atoms in total. The van der Waals surface area contributed by atoms with Gasteiger partial charge in [-0.15, -0.1) is 0 Å². The Labute approximate surface area is 55.4 Å². The van der Waals surface area contributed by atoms with Gasteiger partial charge in [0, 0.05) is 6.08 Å². The van der Waals surface area contributed by atoms with Crippen molar-refractivity contribution < 1.29 is 5.11 Å². The first kappa shape index (κ1) is 7.66. The van der Waals surface area contributed by atoms with Gasteiger partial charge in [0.15, 0.2) is 0 Å². The Morgan fingerprint density at radius 3 is 2.56 bits per heavy atom. The topological polar surface area (TPSA) is 20.2 Å². The summed E-state index contributed by atoms with van der Waals surface area (Å²) in [6, 6.07) is 0. The van der Waals surface area contributed by atoms with Gasteiger partial charge in [0.25, 0.3) is 0 Å². The second kappa shape index (κ2) is 4.81. The molecule has 0 aromatic carbocycles. The van der Waals surface area contributed by atoms with Crippen LogP contribution in [0.3, 0.4) is 0 Å². The van der Waals surface area contributed by atoms with Gasteiger partial charge in [0.1, 0.15) is 0 Å². The van der Waals surface area contributed by atoms with Gasteiger partial charge in [-0.25, -0.2) is 0 Å². The standard InChI is InChI=1S/C8H8O/c1-3-4-5-6-7-8(2)9/h7,9H,1-2H3/b8-7-. The van der Waals surface area contributed by atoms with E-state index < -0.39 is 0 Å². The van der Waals surface area contributed by atoms with E-state index in [1.807, 2.05) is 0 Å². The molecule has 0 spiro atoms. The summed E-state index contributed by atoms with van der Waals surface area (Å²) in [5.74, 6) is 10.4. The second-order valence-electron chi connectivity index (χ2n) is 1.43. The van der Waals surface area contributed by atoms with E-state index in [9.17, 15) is 0 Å². The summed E-state index contributed by atoms with van der Waals surface area (Å²) < 4.78 is 0. The van der Waals surface area contributed by atoms with Crippen molar-refractivity contribution in [3.63, 3.8) is 0 Å². The summed E-state index contributed by atoms with van der Waals surface area (Å²) in [5, 5.41) is 8.56. The first-order chi connectivity index (χ1) is 4.27. The molecule has 0 atom stereocenters. The van der Waals surface area contributed by atoms with Crippen LogP contribution in [0, 0.1) is 23.7 Å². The normalized spacial score (nSPS) is 8.44. The Kier molecular flexibility index (Phi) is 4.09. The number of hydrogen-bond acceptors (Lipinski definition) is 1. The van der Waals surface area contributed by atoms with Crippen LogP contribution in [0.25, 0.3) is 0 Å². The second-order valence-corrected chi connectivity index (χ2v) is 1.43. The van der Waals surface area contributed by atoms with E-state index in [1.54, 1.807) is 13.8 Å². The monoisotopic (exact) mass is 120 g/mol. The molecule has 0 aliphatic heterocycles. The summed E-state index contributed by atoms with van der Waals surface area (Å²) >= 11 is 0. The predicted molar refractivity (Wildman–Crippen MR) is 37.6 cm³/mol. The van der Waals surface area contributed by atoms with Crippen LogP contribution in [0.4, 0.5) is 0 Å². The number of hydrogen-bond donors (Lipinski definition) is 1. The minimum Gasteiger partial charge on any atom is -0.512 e. The van der Waals surface area contributed by atoms with Crippen molar-refractivity contribution in [3.05, 3.63) is 11.8 Å². The molecule has 0 aromatic rings. The molecular formula is C8H8O. The molecule has 0 bridgehead atoms. The molecular weight excluding hydrogens is 112 g/mol. The molecule has 0 aliphatic carbocycles. The Bertz CT molecular complexity index is 210. The van der Waals surface area contributed by atoms with Gasteiger partial charge in [-0.2, -0.15) is 0 Å². The largest absolute Gasteiger partial charge is 0.512 e. The van der Waals surface area contributed by atoms with E-state index >= 15 is 0 Å². The summed E-state index contributed by atoms with van der Waals surface area (Å²) in [6.45, 7) is 3.28. The maximum Gasteiger partial charge on any atom is 0.0975 e. The maximum absolute atomic E-state index is 8.56. The molecule has 0 saturated carbocycles. The molecule has 0 saturated heterocycles. The van der Waals surface area contributed by atoms with Gasteiger partial charge >= 0.3 is 0 Å². The van der Waals surface area contributed by atoms with E-state index in [2.05, 4.69) is 23.7 Å². The average Bonchev–Trinajstić information content (AvgIpc) is 1.80. The van der Waals surface area contributed by atoms with Crippen LogP contribution in [-0.2, 0) is 0 Å². The molecule has 1 N–H and O–H groups in total. The van der Waals surface area contributed by atoms with Gasteiger partial charge in [0.05, 0.1) is 5.76 Å². The van der Waals surface area contributed by atoms with Crippen molar-refractivity contribution in [2.75, 3.05) is 0 Å². The minimum absolute atomic E-state index is 0.209. The fourth-order valence-corrected chi connectivity index (χ4v) is 0.239. The van der Waals surface area contributed by atoms with Crippen molar-refractivity contribution >= 4 is 0 Å². The van der Waals surface area contributed by atoms with E-state index in [1.165, 1.54) is 6.08 Å². The Morgan fingerprint density at radius 2 is 2.11 bits per heavy atom. The van der Waals surface area contributed by atoms with Crippen molar-refractivity contribution in [1.29, 1.82) is 0 Å². The molecule has 0 amide bonds.